The second-order valence-corrected chi connectivity index (χ2v) is 6.81. The number of hydrogen-bond acceptors (Lipinski definition) is 3. The fourth-order valence-electron chi connectivity index (χ4n) is 2.83. The van der Waals surface area contributed by atoms with Crippen LogP contribution < -0.4 is 0 Å². The van der Waals surface area contributed by atoms with Crippen molar-refractivity contribution in [2.45, 2.75) is 55.4 Å². The van der Waals surface area contributed by atoms with E-state index < -0.39 is 6.10 Å². The Balaban J connectivity index is 1.57. The van der Waals surface area contributed by atoms with E-state index >= 15 is 0 Å². The highest BCUT2D eigenvalue weighted by atomic mass is 32.2. The van der Waals surface area contributed by atoms with Crippen molar-refractivity contribution in [3.63, 3.8) is 0 Å². The van der Waals surface area contributed by atoms with E-state index in [0.29, 0.717) is 6.04 Å². The quantitative estimate of drug-likeness (QED) is 0.835. The molecule has 0 bridgehead atoms. The molecule has 0 aliphatic heterocycles. The number of nitrogens with zero attached hydrogens (tertiary/aromatic N) is 2. The van der Waals surface area contributed by atoms with Crippen LogP contribution in [0.15, 0.2) is 41.4 Å². The molecule has 1 N–H and O–H groups in total. The average molecular weight is 302 g/mol. The molecule has 0 saturated heterocycles. The van der Waals surface area contributed by atoms with Gasteiger partial charge < -0.3 is 5.11 Å². The molecule has 3 rings (SSSR count). The monoisotopic (exact) mass is 302 g/mol. The molecule has 2 aromatic rings. The minimum atomic E-state index is -0.397. The maximum absolute atomic E-state index is 9.51. The van der Waals surface area contributed by atoms with Gasteiger partial charge >= 0.3 is 0 Å². The molecular formula is C17H22N2OS. The Morgan fingerprint density at radius 3 is 2.62 bits per heavy atom. The molecule has 3 nitrogen and oxygen atoms in total. The van der Waals surface area contributed by atoms with Crippen LogP contribution in [0.4, 0.5) is 0 Å². The number of hydrogen-bond donors (Lipinski definition) is 1. The van der Waals surface area contributed by atoms with Gasteiger partial charge in [-0.25, -0.2) is 0 Å². The van der Waals surface area contributed by atoms with E-state index in [0.717, 1.165) is 17.0 Å². The van der Waals surface area contributed by atoms with E-state index in [1.54, 1.807) is 18.7 Å². The maximum atomic E-state index is 9.51. The van der Waals surface area contributed by atoms with Gasteiger partial charge in [-0.05, 0) is 43.5 Å². The van der Waals surface area contributed by atoms with Crippen LogP contribution in [-0.2, 0) is 5.75 Å². The Morgan fingerprint density at radius 1 is 1.24 bits per heavy atom. The largest absolute Gasteiger partial charge is 0.389 e. The summed E-state index contributed by atoms with van der Waals surface area (Å²) in [6, 6.07) is 10.9. The van der Waals surface area contributed by atoms with Crippen molar-refractivity contribution in [2.75, 3.05) is 0 Å². The second-order valence-electron chi connectivity index (χ2n) is 5.76. The summed E-state index contributed by atoms with van der Waals surface area (Å²) in [4.78, 5) is 1.22. The normalized spacial score (nSPS) is 17.2. The van der Waals surface area contributed by atoms with Crippen LogP contribution in [0.5, 0.6) is 0 Å². The number of benzene rings is 1. The molecule has 1 fully saturated rings. The number of aromatic nitrogens is 2. The van der Waals surface area contributed by atoms with Crippen molar-refractivity contribution in [3.05, 3.63) is 47.8 Å². The number of rotatable bonds is 5. The minimum absolute atomic E-state index is 0.397. The van der Waals surface area contributed by atoms with Gasteiger partial charge in [-0.2, -0.15) is 5.10 Å². The van der Waals surface area contributed by atoms with Crippen molar-refractivity contribution in [2.24, 2.45) is 0 Å². The topological polar surface area (TPSA) is 38.0 Å². The molecule has 112 valence electrons. The van der Waals surface area contributed by atoms with E-state index in [1.165, 1.54) is 30.6 Å². The van der Waals surface area contributed by atoms with Gasteiger partial charge in [-0.15, -0.1) is 11.8 Å². The predicted octanol–water partition coefficient (Wildman–Crippen LogP) is 4.34. The van der Waals surface area contributed by atoms with Gasteiger partial charge in [0, 0.05) is 16.8 Å². The van der Waals surface area contributed by atoms with Crippen LogP contribution in [0.25, 0.3) is 0 Å². The molecule has 1 unspecified atom stereocenters. The SMILES string of the molecule is CC(O)c1ccc(SCc2ccn(C3CCCC3)n2)cc1. The highest BCUT2D eigenvalue weighted by Gasteiger charge is 2.17. The average Bonchev–Trinajstić information content (AvgIpc) is 3.16. The molecule has 1 aromatic carbocycles. The summed E-state index contributed by atoms with van der Waals surface area (Å²) in [5.41, 5.74) is 2.11. The van der Waals surface area contributed by atoms with Gasteiger partial charge in [-0.1, -0.05) is 25.0 Å². The molecule has 1 aromatic heterocycles. The van der Waals surface area contributed by atoms with Gasteiger partial charge in [0.1, 0.15) is 0 Å². The van der Waals surface area contributed by atoms with Crippen molar-refractivity contribution < 1.29 is 5.11 Å². The van der Waals surface area contributed by atoms with Crippen LogP contribution >= 0.6 is 11.8 Å². The van der Waals surface area contributed by atoms with Crippen molar-refractivity contribution >= 4 is 11.8 Å². The highest BCUT2D eigenvalue weighted by molar-refractivity contribution is 7.98. The molecule has 1 saturated carbocycles. The molecular weight excluding hydrogens is 280 g/mol. The summed E-state index contributed by atoms with van der Waals surface area (Å²) in [5, 5.41) is 14.2. The van der Waals surface area contributed by atoms with Crippen LogP contribution in [-0.4, -0.2) is 14.9 Å². The summed E-state index contributed by atoms with van der Waals surface area (Å²) >= 11 is 1.79. The summed E-state index contributed by atoms with van der Waals surface area (Å²) < 4.78 is 2.15. The molecule has 4 heteroatoms. The van der Waals surface area contributed by atoms with Crippen molar-refractivity contribution in [1.29, 1.82) is 0 Å². The molecule has 0 spiro atoms. The predicted molar refractivity (Wildman–Crippen MR) is 86.4 cm³/mol. The van der Waals surface area contributed by atoms with Crippen molar-refractivity contribution in [3.8, 4) is 0 Å². The number of thioether (sulfide) groups is 1. The Kier molecular flexibility index (Phi) is 4.66. The Labute approximate surface area is 130 Å². The minimum Gasteiger partial charge on any atom is -0.389 e. The Morgan fingerprint density at radius 2 is 1.95 bits per heavy atom. The highest BCUT2D eigenvalue weighted by Crippen LogP contribution is 2.29. The van der Waals surface area contributed by atoms with Gasteiger partial charge in [-0.3, -0.25) is 4.68 Å². The van der Waals surface area contributed by atoms with Gasteiger partial charge in [0.05, 0.1) is 17.8 Å². The van der Waals surface area contributed by atoms with E-state index in [-0.39, 0.29) is 0 Å². The van der Waals surface area contributed by atoms with Gasteiger partial charge in [0.15, 0.2) is 0 Å². The lowest BCUT2D eigenvalue weighted by molar-refractivity contribution is 0.199. The van der Waals surface area contributed by atoms with Gasteiger partial charge in [0.2, 0.25) is 0 Å². The van der Waals surface area contributed by atoms with E-state index in [2.05, 4.69) is 29.1 Å². The fraction of sp³-hybridized carbons (Fsp3) is 0.471. The third-order valence-corrected chi connectivity index (χ3v) is 5.16. The summed E-state index contributed by atoms with van der Waals surface area (Å²) in [5.74, 6) is 0.897. The smallest absolute Gasteiger partial charge is 0.0761 e. The third kappa shape index (κ3) is 3.69. The molecule has 0 amide bonds. The van der Waals surface area contributed by atoms with E-state index in [1.807, 2.05) is 12.1 Å². The lowest BCUT2D eigenvalue weighted by atomic mass is 10.1. The van der Waals surface area contributed by atoms with Crippen LogP contribution in [0, 0.1) is 0 Å². The first kappa shape index (κ1) is 14.7. The van der Waals surface area contributed by atoms with Crippen LogP contribution in [0.2, 0.25) is 0 Å². The first-order chi connectivity index (χ1) is 10.2. The first-order valence-corrected chi connectivity index (χ1v) is 8.66. The third-order valence-electron chi connectivity index (χ3n) is 4.11. The Hall–Kier alpha value is -1.26. The second kappa shape index (κ2) is 6.67. The summed E-state index contributed by atoms with van der Waals surface area (Å²) in [6.45, 7) is 1.79. The molecule has 21 heavy (non-hydrogen) atoms. The van der Waals surface area contributed by atoms with Crippen LogP contribution in [0.1, 0.15) is 56.0 Å². The zero-order valence-corrected chi connectivity index (χ0v) is 13.2. The van der Waals surface area contributed by atoms with Crippen LogP contribution in [0.3, 0.4) is 0 Å². The maximum Gasteiger partial charge on any atom is 0.0761 e. The molecule has 0 radical (unpaired) electrons. The Bertz CT molecular complexity index is 571. The first-order valence-electron chi connectivity index (χ1n) is 7.67. The molecule has 1 atom stereocenters. The van der Waals surface area contributed by atoms with E-state index in [9.17, 15) is 5.11 Å². The summed E-state index contributed by atoms with van der Waals surface area (Å²) in [6.07, 6.45) is 6.95. The standard InChI is InChI=1S/C17H22N2OS/c1-13(20)14-6-8-17(9-7-14)21-12-15-10-11-19(18-15)16-4-2-3-5-16/h6-11,13,16,20H,2-5,12H2,1H3. The number of aliphatic hydroxyl groups is 1. The molecule has 1 heterocycles. The fourth-order valence-corrected chi connectivity index (χ4v) is 3.62. The summed E-state index contributed by atoms with van der Waals surface area (Å²) in [7, 11) is 0. The van der Waals surface area contributed by atoms with Gasteiger partial charge in [0.25, 0.3) is 0 Å². The van der Waals surface area contributed by atoms with Crippen molar-refractivity contribution in [1.82, 2.24) is 9.78 Å². The zero-order valence-electron chi connectivity index (χ0n) is 12.4. The molecule has 1 aliphatic carbocycles. The lowest BCUT2D eigenvalue weighted by Crippen LogP contribution is -2.05. The lowest BCUT2D eigenvalue weighted by Gasteiger charge is -2.09. The number of aliphatic hydroxyl groups excluding tert-OH is 1. The molecule has 1 aliphatic rings. The zero-order chi connectivity index (χ0) is 14.7. The van der Waals surface area contributed by atoms with E-state index in [4.69, 9.17) is 5.10 Å².